The van der Waals surface area contributed by atoms with Crippen LogP contribution < -0.4 is 5.32 Å². The minimum atomic E-state index is -4.30. The summed E-state index contributed by atoms with van der Waals surface area (Å²) < 4.78 is 38.0. The lowest BCUT2D eigenvalue weighted by atomic mass is 9.92. The summed E-state index contributed by atoms with van der Waals surface area (Å²) in [6.07, 6.45) is -1.61. The Hall–Kier alpha value is -1.60. The Bertz CT molecular complexity index is 632. The van der Waals surface area contributed by atoms with Crippen LogP contribution in [0.25, 0.3) is 0 Å². The van der Waals surface area contributed by atoms with Gasteiger partial charge in [-0.15, -0.1) is 0 Å². The minimum absolute atomic E-state index is 0.114. The first kappa shape index (κ1) is 20.1. The van der Waals surface area contributed by atoms with Crippen molar-refractivity contribution in [2.75, 3.05) is 32.7 Å². The maximum atomic E-state index is 12.8. The summed E-state index contributed by atoms with van der Waals surface area (Å²) in [5.41, 5.74) is 0.255. The third-order valence-electron chi connectivity index (χ3n) is 5.56. The normalized spacial score (nSPS) is 25.3. The first-order chi connectivity index (χ1) is 12.8. The highest BCUT2D eigenvalue weighted by molar-refractivity contribution is 5.79. The summed E-state index contributed by atoms with van der Waals surface area (Å²) >= 11 is 0. The number of halogens is 3. The number of carbonyl (C=O) groups excluding carboxylic acids is 1. The maximum absolute atomic E-state index is 12.8. The molecule has 4 nitrogen and oxygen atoms in total. The molecule has 0 aromatic heterocycles. The average Bonchev–Trinajstić information content (AvgIpc) is 2.86. The highest BCUT2D eigenvalue weighted by Gasteiger charge is 2.31. The quantitative estimate of drug-likeness (QED) is 0.871. The molecule has 1 amide bonds. The van der Waals surface area contributed by atoms with Crippen LogP contribution in [-0.2, 0) is 17.5 Å². The molecule has 1 N–H and O–H groups in total. The van der Waals surface area contributed by atoms with Gasteiger partial charge in [-0.25, -0.2) is 0 Å². The van der Waals surface area contributed by atoms with E-state index in [0.717, 1.165) is 63.1 Å². The van der Waals surface area contributed by atoms with Crippen LogP contribution in [0.3, 0.4) is 0 Å². The van der Waals surface area contributed by atoms with Crippen LogP contribution in [0.15, 0.2) is 24.3 Å². The second-order valence-corrected chi connectivity index (χ2v) is 7.73. The van der Waals surface area contributed by atoms with Crippen molar-refractivity contribution in [3.8, 4) is 0 Å². The number of piperidine rings is 1. The molecule has 0 aliphatic carbocycles. The molecule has 7 heteroatoms. The van der Waals surface area contributed by atoms with E-state index in [-0.39, 0.29) is 11.8 Å². The second kappa shape index (κ2) is 8.61. The third-order valence-corrected chi connectivity index (χ3v) is 5.56. The van der Waals surface area contributed by atoms with Gasteiger partial charge in [-0.1, -0.05) is 12.1 Å². The molecular formula is C20H28F3N3O. The van der Waals surface area contributed by atoms with Crippen molar-refractivity contribution >= 4 is 5.91 Å². The largest absolute Gasteiger partial charge is 0.416 e. The van der Waals surface area contributed by atoms with Gasteiger partial charge in [0, 0.05) is 44.7 Å². The lowest BCUT2D eigenvalue weighted by molar-refractivity contribution is -0.138. The van der Waals surface area contributed by atoms with Crippen LogP contribution in [0.2, 0.25) is 0 Å². The first-order valence-corrected chi connectivity index (χ1v) is 9.73. The Labute approximate surface area is 158 Å². The lowest BCUT2D eigenvalue weighted by Crippen LogP contribution is -2.45. The Morgan fingerprint density at radius 1 is 1.15 bits per heavy atom. The van der Waals surface area contributed by atoms with Crippen molar-refractivity contribution in [3.05, 3.63) is 35.4 Å². The molecule has 2 heterocycles. The van der Waals surface area contributed by atoms with Gasteiger partial charge in [-0.2, -0.15) is 13.2 Å². The van der Waals surface area contributed by atoms with Gasteiger partial charge in [-0.3, -0.25) is 9.69 Å². The van der Waals surface area contributed by atoms with Gasteiger partial charge in [-0.05, 0) is 50.4 Å². The smallest absolute Gasteiger partial charge is 0.341 e. The average molecular weight is 383 g/mol. The van der Waals surface area contributed by atoms with E-state index in [9.17, 15) is 18.0 Å². The Kier molecular flexibility index (Phi) is 6.42. The van der Waals surface area contributed by atoms with Gasteiger partial charge in [0.2, 0.25) is 5.91 Å². The molecule has 0 spiro atoms. The van der Waals surface area contributed by atoms with Crippen LogP contribution in [0.1, 0.15) is 37.3 Å². The molecule has 2 aliphatic heterocycles. The molecule has 0 radical (unpaired) electrons. The van der Waals surface area contributed by atoms with E-state index in [0.29, 0.717) is 19.1 Å². The predicted octanol–water partition coefficient (Wildman–Crippen LogP) is 3.13. The molecule has 27 heavy (non-hydrogen) atoms. The van der Waals surface area contributed by atoms with E-state index >= 15 is 0 Å². The van der Waals surface area contributed by atoms with E-state index in [1.807, 2.05) is 4.90 Å². The molecule has 150 valence electrons. The molecular weight excluding hydrogens is 355 g/mol. The summed E-state index contributed by atoms with van der Waals surface area (Å²) in [5.74, 6) is 0.377. The fraction of sp³-hybridized carbons (Fsp3) is 0.650. The monoisotopic (exact) mass is 383 g/mol. The molecule has 0 unspecified atom stereocenters. The summed E-state index contributed by atoms with van der Waals surface area (Å²) in [4.78, 5) is 17.0. The molecule has 2 aliphatic rings. The van der Waals surface area contributed by atoms with Gasteiger partial charge >= 0.3 is 6.18 Å². The second-order valence-electron chi connectivity index (χ2n) is 7.73. The number of benzene rings is 1. The Balaban J connectivity index is 1.53. The summed E-state index contributed by atoms with van der Waals surface area (Å²) in [5, 5.41) is 3.38. The predicted molar refractivity (Wildman–Crippen MR) is 98.1 cm³/mol. The first-order valence-electron chi connectivity index (χ1n) is 9.73. The number of hydrogen-bond acceptors (Lipinski definition) is 3. The molecule has 2 saturated heterocycles. The number of alkyl halides is 3. The zero-order valence-electron chi connectivity index (χ0n) is 15.8. The van der Waals surface area contributed by atoms with E-state index in [1.54, 1.807) is 12.1 Å². The molecule has 1 aromatic carbocycles. The molecule has 1 aromatic rings. The fourth-order valence-corrected chi connectivity index (χ4v) is 4.02. The summed E-state index contributed by atoms with van der Waals surface area (Å²) in [6.45, 7) is 6.70. The van der Waals surface area contributed by atoms with Gasteiger partial charge in [0.25, 0.3) is 0 Å². The van der Waals surface area contributed by atoms with E-state index in [4.69, 9.17) is 0 Å². The van der Waals surface area contributed by atoms with E-state index in [1.165, 1.54) is 0 Å². The molecule has 2 atom stereocenters. The summed E-state index contributed by atoms with van der Waals surface area (Å²) in [6, 6.07) is 5.76. The number of carbonyl (C=O) groups is 1. The molecule has 0 saturated carbocycles. The number of rotatable bonds is 3. The van der Waals surface area contributed by atoms with Crippen LogP contribution in [0, 0.1) is 5.92 Å². The van der Waals surface area contributed by atoms with Crippen molar-refractivity contribution < 1.29 is 18.0 Å². The molecule has 3 rings (SSSR count). The van der Waals surface area contributed by atoms with E-state index < -0.39 is 11.7 Å². The Morgan fingerprint density at radius 2 is 1.89 bits per heavy atom. The fourth-order valence-electron chi connectivity index (χ4n) is 4.02. The van der Waals surface area contributed by atoms with Crippen LogP contribution >= 0.6 is 0 Å². The number of hydrogen-bond donors (Lipinski definition) is 1. The van der Waals surface area contributed by atoms with E-state index in [2.05, 4.69) is 17.1 Å². The lowest BCUT2D eigenvalue weighted by Gasteiger charge is -2.31. The van der Waals surface area contributed by atoms with Crippen LogP contribution in [0.4, 0.5) is 13.2 Å². The maximum Gasteiger partial charge on any atom is 0.416 e. The van der Waals surface area contributed by atoms with Crippen LogP contribution in [0.5, 0.6) is 0 Å². The Morgan fingerprint density at radius 3 is 2.56 bits per heavy atom. The van der Waals surface area contributed by atoms with Crippen molar-refractivity contribution in [1.29, 1.82) is 0 Å². The van der Waals surface area contributed by atoms with Crippen molar-refractivity contribution in [2.24, 2.45) is 5.92 Å². The van der Waals surface area contributed by atoms with Crippen LogP contribution in [-0.4, -0.2) is 54.5 Å². The zero-order valence-corrected chi connectivity index (χ0v) is 15.8. The highest BCUT2D eigenvalue weighted by atomic mass is 19.4. The highest BCUT2D eigenvalue weighted by Crippen LogP contribution is 2.29. The topological polar surface area (TPSA) is 35.6 Å². The standard InChI is InChI=1S/C20H28F3N3O/c1-15-13-17(7-8-24-15)19(27)26-10-2-9-25(11-12-26)14-16-3-5-18(6-4-16)20(21,22)23/h3-6,15,17,24H,2,7-14H2,1H3/t15-,17-/m0/s1. The third kappa shape index (κ3) is 5.45. The van der Waals surface area contributed by atoms with Gasteiger partial charge < -0.3 is 10.2 Å². The van der Waals surface area contributed by atoms with Gasteiger partial charge in [0.15, 0.2) is 0 Å². The van der Waals surface area contributed by atoms with Gasteiger partial charge in [0.05, 0.1) is 5.56 Å². The number of nitrogens with zero attached hydrogens (tertiary/aromatic N) is 2. The molecule has 2 fully saturated rings. The SMILES string of the molecule is C[C@H]1C[C@@H](C(=O)N2CCCN(Cc3ccc(C(F)(F)F)cc3)CC2)CCN1. The van der Waals surface area contributed by atoms with Crippen molar-refractivity contribution in [3.63, 3.8) is 0 Å². The zero-order chi connectivity index (χ0) is 19.4. The van der Waals surface area contributed by atoms with Crippen molar-refractivity contribution in [1.82, 2.24) is 15.1 Å². The number of nitrogens with one attached hydrogen (secondary N) is 1. The molecule has 0 bridgehead atoms. The van der Waals surface area contributed by atoms with Crippen molar-refractivity contribution in [2.45, 2.75) is 44.9 Å². The van der Waals surface area contributed by atoms with Gasteiger partial charge in [0.1, 0.15) is 0 Å². The summed E-state index contributed by atoms with van der Waals surface area (Å²) in [7, 11) is 0. The minimum Gasteiger partial charge on any atom is -0.341 e. The number of amides is 1.